The number of amides is 1. The second-order valence-corrected chi connectivity index (χ2v) is 10.4. The molecule has 0 saturated carbocycles. The third-order valence-electron chi connectivity index (χ3n) is 8.12. The molecule has 1 aliphatic carbocycles. The molecule has 1 N–H and O–H groups in total. The fourth-order valence-electron chi connectivity index (χ4n) is 5.84. The van der Waals surface area contributed by atoms with Crippen LogP contribution in [0.1, 0.15) is 39.9 Å². The Kier molecular flexibility index (Phi) is 7.59. The van der Waals surface area contributed by atoms with E-state index in [1.54, 1.807) is 11.1 Å². The highest BCUT2D eigenvalue weighted by Crippen LogP contribution is 2.36. The minimum Gasteiger partial charge on any atom is -0.378 e. The van der Waals surface area contributed by atoms with Crippen molar-refractivity contribution in [3.63, 3.8) is 0 Å². The first-order chi connectivity index (χ1) is 17.1. The zero-order valence-corrected chi connectivity index (χ0v) is 21.4. The number of nitrogens with zero attached hydrogens (tertiary/aromatic N) is 3. The average molecular weight is 477 g/mol. The van der Waals surface area contributed by atoms with E-state index in [2.05, 4.69) is 58.3 Å². The van der Waals surface area contributed by atoms with Crippen molar-refractivity contribution >= 4 is 17.3 Å². The second-order valence-electron chi connectivity index (χ2n) is 10.4. The van der Waals surface area contributed by atoms with Crippen LogP contribution in [0, 0.1) is 12.8 Å². The number of fused-ring (bicyclic) bond motifs is 1. The summed E-state index contributed by atoms with van der Waals surface area (Å²) in [5, 5.41) is 3.17. The van der Waals surface area contributed by atoms with E-state index in [4.69, 9.17) is 4.74 Å². The third kappa shape index (κ3) is 5.65. The molecule has 2 aromatic carbocycles. The number of ether oxygens (including phenoxy) is 1. The number of carbonyl (C=O) groups is 1. The number of rotatable bonds is 6. The molecule has 6 nitrogen and oxygen atoms in total. The van der Waals surface area contributed by atoms with Gasteiger partial charge < -0.3 is 24.8 Å². The van der Waals surface area contributed by atoms with Gasteiger partial charge in [-0.2, -0.15) is 0 Å². The van der Waals surface area contributed by atoms with Crippen LogP contribution in [0.15, 0.2) is 36.4 Å². The number of morpholine rings is 1. The summed E-state index contributed by atoms with van der Waals surface area (Å²) in [4.78, 5) is 20.1. The number of likely N-dealkylation sites (N-methyl/N-ethyl adjacent to an activating group) is 1. The molecule has 1 unspecified atom stereocenters. The van der Waals surface area contributed by atoms with Crippen LogP contribution < -0.4 is 15.1 Å². The monoisotopic (exact) mass is 476 g/mol. The molecule has 188 valence electrons. The fourth-order valence-corrected chi connectivity index (χ4v) is 5.84. The summed E-state index contributed by atoms with van der Waals surface area (Å²) in [5.41, 5.74) is 7.93. The molecule has 2 fully saturated rings. The van der Waals surface area contributed by atoms with Gasteiger partial charge in [0.2, 0.25) is 0 Å². The lowest BCUT2D eigenvalue weighted by Crippen LogP contribution is -2.45. The second kappa shape index (κ2) is 11.0. The molecule has 0 aromatic heterocycles. The summed E-state index contributed by atoms with van der Waals surface area (Å²) in [6.07, 6.45) is 4.53. The Morgan fingerprint density at radius 1 is 0.943 bits per heavy atom. The molecule has 1 atom stereocenters. The van der Waals surface area contributed by atoms with Gasteiger partial charge in [-0.25, -0.2) is 0 Å². The fraction of sp³-hybridized carbons (Fsp3) is 0.552. The van der Waals surface area contributed by atoms with Crippen molar-refractivity contribution in [3.05, 3.63) is 58.7 Å². The van der Waals surface area contributed by atoms with Gasteiger partial charge in [-0.3, -0.25) is 4.79 Å². The number of anilines is 2. The van der Waals surface area contributed by atoms with Crippen LogP contribution in [0.5, 0.6) is 0 Å². The first kappa shape index (κ1) is 24.1. The predicted molar refractivity (Wildman–Crippen MR) is 143 cm³/mol. The van der Waals surface area contributed by atoms with Crippen molar-refractivity contribution in [1.29, 1.82) is 0 Å². The summed E-state index contributed by atoms with van der Waals surface area (Å²) in [6, 6.07) is 12.7. The number of hydrogen-bond acceptors (Lipinski definition) is 5. The maximum atomic E-state index is 12.7. The van der Waals surface area contributed by atoms with E-state index in [1.165, 1.54) is 17.7 Å². The lowest BCUT2D eigenvalue weighted by Gasteiger charge is -2.37. The Bertz CT molecular complexity index is 1010. The van der Waals surface area contributed by atoms with Gasteiger partial charge in [0, 0.05) is 62.8 Å². The quantitative estimate of drug-likeness (QED) is 0.692. The molecule has 6 heteroatoms. The van der Waals surface area contributed by atoms with Gasteiger partial charge in [-0.05, 0) is 92.6 Å². The van der Waals surface area contributed by atoms with Crippen LogP contribution in [-0.4, -0.2) is 76.9 Å². The highest BCUT2D eigenvalue weighted by atomic mass is 16.5. The molecule has 0 bridgehead atoms. The van der Waals surface area contributed by atoms with E-state index in [9.17, 15) is 4.79 Å². The summed E-state index contributed by atoms with van der Waals surface area (Å²) in [6.45, 7) is 10.8. The number of aryl methyl sites for hydroxylation is 1. The minimum atomic E-state index is 0.0312. The van der Waals surface area contributed by atoms with Crippen LogP contribution in [-0.2, 0) is 17.6 Å². The van der Waals surface area contributed by atoms with Gasteiger partial charge in [-0.1, -0.05) is 6.07 Å². The molecule has 35 heavy (non-hydrogen) atoms. The summed E-state index contributed by atoms with van der Waals surface area (Å²) >= 11 is 0. The molecule has 2 heterocycles. The highest BCUT2D eigenvalue weighted by Gasteiger charge is 2.26. The van der Waals surface area contributed by atoms with Gasteiger partial charge in [0.25, 0.3) is 5.91 Å². The minimum absolute atomic E-state index is 0.0312. The average Bonchev–Trinajstić information content (AvgIpc) is 2.90. The van der Waals surface area contributed by atoms with Crippen molar-refractivity contribution in [2.24, 2.45) is 5.92 Å². The Balaban J connectivity index is 1.16. The lowest BCUT2D eigenvalue weighted by atomic mass is 9.79. The summed E-state index contributed by atoms with van der Waals surface area (Å²) in [5.74, 6) is 0.656. The van der Waals surface area contributed by atoms with E-state index >= 15 is 0 Å². The Hall–Kier alpha value is -2.57. The standard InChI is InChI=1S/C29H40N4O2/c1-22-3-10-28(33-15-13-31(2)14-16-33)27-21-23(4-9-26(22)27)11-12-30-29(34)24-5-7-25(8-6-24)32-17-19-35-20-18-32/h3,5-8,10,23H,4,9,11-21H2,1-2H3,(H,30,34). The summed E-state index contributed by atoms with van der Waals surface area (Å²) in [7, 11) is 2.21. The first-order valence-electron chi connectivity index (χ1n) is 13.3. The lowest BCUT2D eigenvalue weighted by molar-refractivity contribution is 0.0951. The summed E-state index contributed by atoms with van der Waals surface area (Å²) < 4.78 is 5.43. The number of piperazine rings is 1. The molecule has 1 amide bonds. The van der Waals surface area contributed by atoms with Crippen LogP contribution in [0.25, 0.3) is 0 Å². The van der Waals surface area contributed by atoms with Crippen molar-refractivity contribution in [3.8, 4) is 0 Å². The molecule has 2 saturated heterocycles. The van der Waals surface area contributed by atoms with Crippen LogP contribution in [0.3, 0.4) is 0 Å². The normalized spacial score (nSPS) is 21.0. The number of hydrogen-bond donors (Lipinski definition) is 1. The topological polar surface area (TPSA) is 48.0 Å². The predicted octanol–water partition coefficient (Wildman–Crippen LogP) is 3.51. The molecule has 0 radical (unpaired) electrons. The van der Waals surface area contributed by atoms with Gasteiger partial charge in [0.15, 0.2) is 0 Å². The van der Waals surface area contributed by atoms with Crippen LogP contribution >= 0.6 is 0 Å². The Morgan fingerprint density at radius 3 is 2.43 bits per heavy atom. The van der Waals surface area contributed by atoms with E-state index in [0.29, 0.717) is 5.92 Å². The molecular weight excluding hydrogens is 436 g/mol. The molecule has 2 aliphatic heterocycles. The highest BCUT2D eigenvalue weighted by molar-refractivity contribution is 5.94. The molecule has 3 aliphatic rings. The van der Waals surface area contributed by atoms with Gasteiger partial charge in [0.1, 0.15) is 0 Å². The van der Waals surface area contributed by atoms with Gasteiger partial charge in [-0.15, -0.1) is 0 Å². The smallest absolute Gasteiger partial charge is 0.251 e. The molecule has 0 spiro atoms. The molecular formula is C29H40N4O2. The number of nitrogens with one attached hydrogen (secondary N) is 1. The maximum absolute atomic E-state index is 12.7. The zero-order valence-electron chi connectivity index (χ0n) is 21.4. The largest absolute Gasteiger partial charge is 0.378 e. The van der Waals surface area contributed by atoms with Crippen LogP contribution in [0.2, 0.25) is 0 Å². The van der Waals surface area contributed by atoms with Crippen molar-refractivity contribution in [1.82, 2.24) is 10.2 Å². The van der Waals surface area contributed by atoms with Crippen LogP contribution in [0.4, 0.5) is 11.4 Å². The number of benzene rings is 2. The van der Waals surface area contributed by atoms with Gasteiger partial charge in [0.05, 0.1) is 13.2 Å². The maximum Gasteiger partial charge on any atom is 0.251 e. The first-order valence-corrected chi connectivity index (χ1v) is 13.3. The molecule has 5 rings (SSSR count). The van der Waals surface area contributed by atoms with Crippen molar-refractivity contribution < 1.29 is 9.53 Å². The van der Waals surface area contributed by atoms with E-state index < -0.39 is 0 Å². The third-order valence-corrected chi connectivity index (χ3v) is 8.12. The Labute approximate surface area is 210 Å². The zero-order chi connectivity index (χ0) is 24.2. The van der Waals surface area contributed by atoms with Crippen molar-refractivity contribution in [2.45, 2.75) is 32.6 Å². The van der Waals surface area contributed by atoms with Gasteiger partial charge >= 0.3 is 0 Å². The Morgan fingerprint density at radius 2 is 1.69 bits per heavy atom. The van der Waals surface area contributed by atoms with E-state index in [1.807, 2.05) is 12.1 Å². The van der Waals surface area contributed by atoms with E-state index in [-0.39, 0.29) is 5.91 Å². The van der Waals surface area contributed by atoms with E-state index in [0.717, 1.165) is 89.5 Å². The van der Waals surface area contributed by atoms with Crippen molar-refractivity contribution in [2.75, 3.05) is 75.9 Å². The SMILES string of the molecule is Cc1ccc(N2CCN(C)CC2)c2c1CCC(CCNC(=O)c1ccc(N3CCOCC3)cc1)C2. The molecule has 2 aromatic rings. The number of carbonyl (C=O) groups excluding carboxylic acids is 1.